The van der Waals surface area contributed by atoms with Crippen LogP contribution >= 0.6 is 7.82 Å². The van der Waals surface area contributed by atoms with Gasteiger partial charge in [0.05, 0.1) is 13.2 Å². The van der Waals surface area contributed by atoms with Crippen LogP contribution < -0.4 is 5.32 Å². The fourth-order valence-corrected chi connectivity index (χ4v) is 3.64. The first-order valence-corrected chi connectivity index (χ1v) is 9.82. The smallest absolute Gasteiger partial charge is 0.314 e. The molecule has 1 saturated heterocycles. The van der Waals surface area contributed by atoms with E-state index in [2.05, 4.69) is 5.32 Å². The van der Waals surface area contributed by atoms with Crippen molar-refractivity contribution in [2.75, 3.05) is 26.2 Å². The number of phosphoric ester groups is 1. The number of phosphoric acid groups is 1. The van der Waals surface area contributed by atoms with Crippen LogP contribution in [-0.4, -0.2) is 31.2 Å². The number of rotatable bonds is 8. The molecule has 0 amide bonds. The molecule has 3 rings (SSSR count). The summed E-state index contributed by atoms with van der Waals surface area (Å²) in [4.78, 5) is 0. The van der Waals surface area contributed by atoms with Crippen molar-refractivity contribution in [2.24, 2.45) is 0 Å². The van der Waals surface area contributed by atoms with Crippen LogP contribution in [0.1, 0.15) is 11.1 Å². The van der Waals surface area contributed by atoms with Gasteiger partial charge in [-0.25, -0.2) is 4.57 Å². The predicted molar refractivity (Wildman–Crippen MR) is 95.6 cm³/mol. The first kappa shape index (κ1) is 18.3. The Morgan fingerprint density at radius 2 is 1.32 bits per heavy atom. The Morgan fingerprint density at radius 1 is 0.840 bits per heavy atom. The van der Waals surface area contributed by atoms with Crippen LogP contribution in [0.3, 0.4) is 0 Å². The van der Waals surface area contributed by atoms with Gasteiger partial charge in [0.2, 0.25) is 0 Å². The topological polar surface area (TPSA) is 60.0 Å². The van der Waals surface area contributed by atoms with E-state index >= 15 is 0 Å². The predicted octanol–water partition coefficient (Wildman–Crippen LogP) is 3.36. The number of nitrogens with one attached hydrogen (secondary N) is 1. The van der Waals surface area contributed by atoms with Crippen molar-refractivity contribution in [3.05, 3.63) is 71.8 Å². The molecule has 0 saturated carbocycles. The maximum absolute atomic E-state index is 13.1. The molecule has 0 bridgehead atoms. The maximum Gasteiger partial charge on any atom is 0.492 e. The normalized spacial score (nSPS) is 16.0. The highest BCUT2D eigenvalue weighted by Gasteiger charge is 2.31. The molecule has 0 radical (unpaired) electrons. The Kier molecular flexibility index (Phi) is 6.76. The minimum Gasteiger partial charge on any atom is -0.314 e. The van der Waals surface area contributed by atoms with Gasteiger partial charge in [0.1, 0.15) is 0 Å². The van der Waals surface area contributed by atoms with Crippen molar-refractivity contribution in [3.63, 3.8) is 0 Å². The fraction of sp³-hybridized carbons (Fsp3) is 0.333. The number of hydroxylamine groups is 2. The summed E-state index contributed by atoms with van der Waals surface area (Å²) >= 11 is 0. The number of hydrogen-bond acceptors (Lipinski definition) is 6. The van der Waals surface area contributed by atoms with Crippen molar-refractivity contribution >= 4 is 7.82 Å². The van der Waals surface area contributed by atoms with E-state index in [1.54, 1.807) is 5.06 Å². The van der Waals surface area contributed by atoms with E-state index in [1.165, 1.54) is 0 Å². The van der Waals surface area contributed by atoms with E-state index in [0.717, 1.165) is 24.2 Å². The second kappa shape index (κ2) is 9.25. The first-order chi connectivity index (χ1) is 12.2. The second-order valence-electron chi connectivity index (χ2n) is 5.73. The summed E-state index contributed by atoms with van der Waals surface area (Å²) in [5.74, 6) is 0. The van der Waals surface area contributed by atoms with Gasteiger partial charge in [-0.3, -0.25) is 9.05 Å². The molecular formula is C18H23N2O4P. The minimum absolute atomic E-state index is 0.166. The second-order valence-corrected chi connectivity index (χ2v) is 7.30. The lowest BCUT2D eigenvalue weighted by Crippen LogP contribution is -2.42. The molecule has 0 aliphatic carbocycles. The summed E-state index contributed by atoms with van der Waals surface area (Å²) in [6.07, 6.45) is 0. The van der Waals surface area contributed by atoms with Gasteiger partial charge in [-0.15, -0.1) is 0 Å². The maximum atomic E-state index is 13.1. The Bertz CT molecular complexity index is 630. The van der Waals surface area contributed by atoms with Gasteiger partial charge in [-0.05, 0) is 11.1 Å². The highest BCUT2D eigenvalue weighted by Crippen LogP contribution is 2.51. The molecule has 1 fully saturated rings. The zero-order valence-corrected chi connectivity index (χ0v) is 14.9. The molecule has 0 atom stereocenters. The molecule has 7 heteroatoms. The van der Waals surface area contributed by atoms with E-state index in [9.17, 15) is 4.57 Å². The molecule has 134 valence electrons. The summed E-state index contributed by atoms with van der Waals surface area (Å²) in [5.41, 5.74) is 1.82. The molecule has 1 aliphatic rings. The first-order valence-electron chi connectivity index (χ1n) is 8.36. The van der Waals surface area contributed by atoms with Crippen molar-refractivity contribution in [3.8, 4) is 0 Å². The van der Waals surface area contributed by atoms with E-state index in [1.807, 2.05) is 60.7 Å². The van der Waals surface area contributed by atoms with Gasteiger partial charge in [0.15, 0.2) is 0 Å². The van der Waals surface area contributed by atoms with Crippen LogP contribution in [0.5, 0.6) is 0 Å². The molecule has 25 heavy (non-hydrogen) atoms. The van der Waals surface area contributed by atoms with Gasteiger partial charge in [0.25, 0.3) is 0 Å². The molecule has 1 aliphatic heterocycles. The Balaban J connectivity index is 1.64. The van der Waals surface area contributed by atoms with E-state index in [-0.39, 0.29) is 13.2 Å². The van der Waals surface area contributed by atoms with Crippen molar-refractivity contribution in [2.45, 2.75) is 13.2 Å². The summed E-state index contributed by atoms with van der Waals surface area (Å²) in [5, 5.41) is 4.87. The van der Waals surface area contributed by atoms with E-state index in [4.69, 9.17) is 13.7 Å². The monoisotopic (exact) mass is 362 g/mol. The zero-order chi connectivity index (χ0) is 17.4. The third-order valence-electron chi connectivity index (χ3n) is 3.76. The fourth-order valence-electron chi connectivity index (χ4n) is 2.41. The van der Waals surface area contributed by atoms with Crippen LogP contribution in [-0.2, 0) is 31.5 Å². The average Bonchev–Trinajstić information content (AvgIpc) is 2.68. The van der Waals surface area contributed by atoms with Crippen molar-refractivity contribution < 1.29 is 18.2 Å². The average molecular weight is 362 g/mol. The largest absolute Gasteiger partial charge is 0.492 e. The lowest BCUT2D eigenvalue weighted by molar-refractivity contribution is -0.101. The van der Waals surface area contributed by atoms with Gasteiger partial charge >= 0.3 is 7.82 Å². The summed E-state index contributed by atoms with van der Waals surface area (Å²) in [6.45, 7) is 3.15. The number of hydrogen-bond donors (Lipinski definition) is 1. The molecule has 0 aromatic heterocycles. The summed E-state index contributed by atoms with van der Waals surface area (Å²) in [7, 11) is -3.72. The molecule has 0 unspecified atom stereocenters. The molecule has 2 aromatic carbocycles. The van der Waals surface area contributed by atoms with Crippen molar-refractivity contribution in [1.82, 2.24) is 10.4 Å². The van der Waals surface area contributed by atoms with E-state index < -0.39 is 7.82 Å². The quantitative estimate of drug-likeness (QED) is 0.727. The number of piperazine rings is 1. The van der Waals surface area contributed by atoms with Gasteiger partial charge in [-0.2, -0.15) is 9.69 Å². The van der Waals surface area contributed by atoms with Crippen LogP contribution in [0, 0.1) is 0 Å². The van der Waals surface area contributed by atoms with Gasteiger partial charge in [-0.1, -0.05) is 60.7 Å². The zero-order valence-electron chi connectivity index (χ0n) is 14.0. The lowest BCUT2D eigenvalue weighted by Gasteiger charge is -2.29. The Hall–Kier alpha value is -1.53. The lowest BCUT2D eigenvalue weighted by atomic mass is 10.2. The van der Waals surface area contributed by atoms with Crippen LogP contribution in [0.15, 0.2) is 60.7 Å². The third kappa shape index (κ3) is 6.04. The highest BCUT2D eigenvalue weighted by molar-refractivity contribution is 7.48. The molecule has 1 N–H and O–H groups in total. The van der Waals surface area contributed by atoms with E-state index in [0.29, 0.717) is 13.1 Å². The minimum atomic E-state index is -3.72. The standard InChI is InChI=1S/C18H23N2O4P/c21-25(24-20-13-11-19-12-14-20,22-15-17-7-3-1-4-8-17)23-16-18-9-5-2-6-10-18/h1-10,19H,11-16H2. The number of nitrogens with zero attached hydrogens (tertiary/aromatic N) is 1. The molecule has 1 heterocycles. The van der Waals surface area contributed by atoms with Crippen molar-refractivity contribution in [1.29, 1.82) is 0 Å². The Labute approximate surface area is 148 Å². The SMILES string of the molecule is O=P(OCc1ccccc1)(OCc1ccccc1)ON1CCNCC1. The number of benzene rings is 2. The van der Waals surface area contributed by atoms with Crippen LogP contribution in [0.2, 0.25) is 0 Å². The Morgan fingerprint density at radius 3 is 1.80 bits per heavy atom. The van der Waals surface area contributed by atoms with Gasteiger partial charge < -0.3 is 5.32 Å². The van der Waals surface area contributed by atoms with Crippen LogP contribution in [0.4, 0.5) is 0 Å². The van der Waals surface area contributed by atoms with Gasteiger partial charge in [0, 0.05) is 26.2 Å². The third-order valence-corrected chi connectivity index (χ3v) is 5.08. The molecule has 6 nitrogen and oxygen atoms in total. The van der Waals surface area contributed by atoms with Crippen LogP contribution in [0.25, 0.3) is 0 Å². The highest BCUT2D eigenvalue weighted by atomic mass is 31.2. The molecular weight excluding hydrogens is 339 g/mol. The molecule has 2 aromatic rings. The summed E-state index contributed by atoms with van der Waals surface area (Å²) in [6, 6.07) is 19.1. The summed E-state index contributed by atoms with van der Waals surface area (Å²) < 4.78 is 29.9. The molecule has 0 spiro atoms.